The fourth-order valence-corrected chi connectivity index (χ4v) is 6.95. The first-order valence-electron chi connectivity index (χ1n) is 13.0. The van der Waals surface area contributed by atoms with E-state index < -0.39 is 77.5 Å². The Morgan fingerprint density at radius 1 is 1.02 bits per heavy atom. The van der Waals surface area contributed by atoms with Crippen LogP contribution in [0.1, 0.15) is 19.3 Å². The predicted molar refractivity (Wildman–Crippen MR) is 146 cm³/mol. The van der Waals surface area contributed by atoms with Crippen LogP contribution >= 0.6 is 15.6 Å². The summed E-state index contributed by atoms with van der Waals surface area (Å²) in [5.41, 5.74) is 11.4. The average Bonchev–Trinajstić information content (AvgIpc) is 3.49. The summed E-state index contributed by atoms with van der Waals surface area (Å²) in [6.45, 7) is 2.52. The van der Waals surface area contributed by atoms with Crippen LogP contribution in [0.15, 0.2) is 60.3 Å². The molecule has 0 radical (unpaired) electrons. The van der Waals surface area contributed by atoms with E-state index in [0.717, 1.165) is 7.11 Å². The van der Waals surface area contributed by atoms with Gasteiger partial charge in [-0.05, 0) is 18.4 Å². The molecule has 4 aliphatic rings. The summed E-state index contributed by atoms with van der Waals surface area (Å²) in [5, 5.41) is 21.0. The van der Waals surface area contributed by atoms with Gasteiger partial charge in [-0.15, -0.1) is 0 Å². The van der Waals surface area contributed by atoms with E-state index in [-0.39, 0.29) is 17.6 Å². The number of primary amides is 2. The highest BCUT2D eigenvalue weighted by Crippen LogP contribution is 2.63. The molecule has 0 aromatic carbocycles. The van der Waals surface area contributed by atoms with E-state index in [9.17, 15) is 33.8 Å². The van der Waals surface area contributed by atoms with Crippen LogP contribution in [0.3, 0.4) is 0 Å². The van der Waals surface area contributed by atoms with Gasteiger partial charge in [0, 0.05) is 49.5 Å². The average molecular weight is 648 g/mol. The summed E-state index contributed by atoms with van der Waals surface area (Å²) in [6.07, 6.45) is 3.92. The number of amides is 2. The third-order valence-electron chi connectivity index (χ3n) is 6.88. The van der Waals surface area contributed by atoms with Crippen LogP contribution in [0, 0.1) is 0 Å². The predicted octanol–water partition coefficient (Wildman–Crippen LogP) is 0.186. The van der Waals surface area contributed by atoms with Gasteiger partial charge in [0.05, 0.1) is 19.3 Å². The van der Waals surface area contributed by atoms with Gasteiger partial charge < -0.3 is 45.8 Å². The van der Waals surface area contributed by atoms with Gasteiger partial charge in [0.15, 0.2) is 6.23 Å². The molecule has 0 aromatic heterocycles. The maximum atomic E-state index is 13.0. The standard InChI is InChI=1S/C24H34N4O13P2/c1-14-18(40-24(21(14)30)28-8-4-6-16(11-28)23(26)32)12-37-42(33,34)41-43(35,36-2)38-13-19-17(29)9-20(39-19)27-7-3-5-15(10-27)22(25)31/h3-4,7-8,10-11,17-21,24,29-30H,1,5-6,9,12-13H2,2H3,(H2,25,31)(H2,26,32)(H,33,34)/t17-,18+,19?,20-,21+,24+,43?/m0/s1. The molecule has 7 N–H and O–H groups in total. The Balaban J connectivity index is 1.30. The molecule has 2 fully saturated rings. The van der Waals surface area contributed by atoms with Crippen LogP contribution in [-0.2, 0) is 46.1 Å². The first-order chi connectivity index (χ1) is 20.2. The fraction of sp³-hybridized carbons (Fsp3) is 0.500. The van der Waals surface area contributed by atoms with Crippen LogP contribution in [0.4, 0.5) is 0 Å². The molecular formula is C24H34N4O13P2. The molecule has 17 nitrogen and oxygen atoms in total. The molecule has 4 rings (SSSR count). The molecule has 19 heteroatoms. The maximum absolute atomic E-state index is 13.0. The van der Waals surface area contributed by atoms with E-state index in [1.165, 1.54) is 17.3 Å². The molecular weight excluding hydrogens is 614 g/mol. The van der Waals surface area contributed by atoms with Gasteiger partial charge in [0.1, 0.15) is 24.5 Å². The number of phosphoric ester groups is 2. The van der Waals surface area contributed by atoms with E-state index in [4.69, 9.17) is 38.8 Å². The monoisotopic (exact) mass is 648 g/mol. The Morgan fingerprint density at radius 2 is 1.63 bits per heavy atom. The Bertz CT molecular complexity index is 1330. The molecule has 0 saturated carbocycles. The molecule has 3 unspecified atom stereocenters. The zero-order valence-electron chi connectivity index (χ0n) is 23.0. The van der Waals surface area contributed by atoms with Gasteiger partial charge >= 0.3 is 15.6 Å². The first-order valence-corrected chi connectivity index (χ1v) is 15.9. The molecule has 2 amide bonds. The highest BCUT2D eigenvalue weighted by Gasteiger charge is 2.45. The molecule has 238 valence electrons. The Hall–Kier alpha value is -2.66. The van der Waals surface area contributed by atoms with E-state index in [0.29, 0.717) is 18.4 Å². The number of carbonyl (C=O) groups excluding carboxylic acids is 2. The van der Waals surface area contributed by atoms with E-state index in [1.54, 1.807) is 29.5 Å². The minimum Gasteiger partial charge on any atom is -0.390 e. The topological polar surface area (TPSA) is 243 Å². The van der Waals surface area contributed by atoms with Crippen molar-refractivity contribution in [3.05, 3.63) is 60.3 Å². The minimum absolute atomic E-state index is 0.0889. The van der Waals surface area contributed by atoms with Crippen molar-refractivity contribution in [1.82, 2.24) is 9.80 Å². The van der Waals surface area contributed by atoms with Gasteiger partial charge in [-0.25, -0.2) is 9.13 Å². The maximum Gasteiger partial charge on any atom is 0.483 e. The number of aliphatic hydroxyl groups excluding tert-OH is 2. The van der Waals surface area contributed by atoms with Crippen LogP contribution in [-0.4, -0.2) is 93.9 Å². The molecule has 0 bridgehead atoms. The van der Waals surface area contributed by atoms with Crippen molar-refractivity contribution >= 4 is 27.5 Å². The molecule has 0 spiro atoms. The highest BCUT2D eigenvalue weighted by atomic mass is 31.3. The van der Waals surface area contributed by atoms with Crippen LogP contribution in [0.25, 0.3) is 0 Å². The molecule has 0 aliphatic carbocycles. The summed E-state index contributed by atoms with van der Waals surface area (Å²) in [5.74, 6) is -1.25. The number of hydrogen-bond donors (Lipinski definition) is 5. The van der Waals surface area contributed by atoms with Crippen molar-refractivity contribution in [3.8, 4) is 0 Å². The first kappa shape index (κ1) is 33.2. The van der Waals surface area contributed by atoms with Crippen LogP contribution in [0.2, 0.25) is 0 Å². The number of ether oxygens (including phenoxy) is 2. The van der Waals surface area contributed by atoms with E-state index in [1.807, 2.05) is 0 Å². The summed E-state index contributed by atoms with van der Waals surface area (Å²) in [6, 6.07) is 0. The van der Waals surface area contributed by atoms with Gasteiger partial charge in [-0.3, -0.25) is 23.2 Å². The third kappa shape index (κ3) is 8.09. The van der Waals surface area contributed by atoms with Crippen molar-refractivity contribution in [3.63, 3.8) is 0 Å². The highest BCUT2D eigenvalue weighted by molar-refractivity contribution is 7.61. The number of phosphoric acid groups is 2. The molecule has 0 aromatic rings. The lowest BCUT2D eigenvalue weighted by Gasteiger charge is -2.28. The molecule has 2 saturated heterocycles. The Labute approximate surface area is 246 Å². The number of hydrogen-bond acceptors (Lipinski definition) is 14. The number of allylic oxidation sites excluding steroid dienone is 2. The largest absolute Gasteiger partial charge is 0.483 e. The van der Waals surface area contributed by atoms with Crippen molar-refractivity contribution in [1.29, 1.82) is 0 Å². The van der Waals surface area contributed by atoms with Crippen LogP contribution < -0.4 is 11.5 Å². The third-order valence-corrected chi connectivity index (χ3v) is 9.90. The number of nitrogens with two attached hydrogens (primary N) is 2. The summed E-state index contributed by atoms with van der Waals surface area (Å²) in [4.78, 5) is 36.2. The number of rotatable bonds is 13. The fourth-order valence-electron chi connectivity index (χ4n) is 4.54. The van der Waals surface area contributed by atoms with E-state index in [2.05, 4.69) is 6.58 Å². The number of aliphatic hydroxyl groups is 2. The lowest BCUT2D eigenvalue weighted by molar-refractivity contribution is -0.115. The number of nitrogens with zero attached hydrogens (tertiary/aromatic N) is 2. The molecule has 4 aliphatic heterocycles. The van der Waals surface area contributed by atoms with Gasteiger partial charge in [0.2, 0.25) is 11.8 Å². The Morgan fingerprint density at radius 3 is 2.23 bits per heavy atom. The van der Waals surface area contributed by atoms with Gasteiger partial charge in [-0.1, -0.05) is 18.7 Å². The number of carbonyl (C=O) groups is 2. The van der Waals surface area contributed by atoms with Crippen molar-refractivity contribution < 1.29 is 61.2 Å². The van der Waals surface area contributed by atoms with E-state index >= 15 is 0 Å². The lowest BCUT2D eigenvalue weighted by atomic mass is 10.1. The summed E-state index contributed by atoms with van der Waals surface area (Å²) in [7, 11) is -8.94. The zero-order chi connectivity index (χ0) is 31.5. The second kappa shape index (κ2) is 13.5. The Kier molecular flexibility index (Phi) is 10.5. The zero-order valence-corrected chi connectivity index (χ0v) is 24.8. The smallest absolute Gasteiger partial charge is 0.390 e. The summed E-state index contributed by atoms with van der Waals surface area (Å²) < 4.78 is 56.6. The second-order valence-corrected chi connectivity index (χ2v) is 13.2. The SMILES string of the molecule is C=C1[C@@H](O)[C@H](N2C=CCC(C(N)=O)=C2)O[C@@H]1COP(=O)(O)OP(=O)(OC)OCC1O[C@H](N2C=CCC(C(N)=O)=C2)C[C@@H]1O. The van der Waals surface area contributed by atoms with Crippen molar-refractivity contribution in [2.75, 3.05) is 20.3 Å². The minimum atomic E-state index is -5.12. The molecule has 4 heterocycles. The van der Waals surface area contributed by atoms with Crippen LogP contribution in [0.5, 0.6) is 0 Å². The second-order valence-electron chi connectivity index (χ2n) is 9.85. The molecule has 8 atom stereocenters. The molecule has 43 heavy (non-hydrogen) atoms. The normalized spacial score (nSPS) is 31.9. The van der Waals surface area contributed by atoms with Crippen molar-refractivity contribution in [2.24, 2.45) is 11.5 Å². The lowest BCUT2D eigenvalue weighted by Crippen LogP contribution is -2.37. The quantitative estimate of drug-likeness (QED) is 0.132. The van der Waals surface area contributed by atoms with Gasteiger partial charge in [-0.2, -0.15) is 4.31 Å². The summed E-state index contributed by atoms with van der Waals surface area (Å²) >= 11 is 0. The van der Waals surface area contributed by atoms with Crippen molar-refractivity contribution in [2.45, 2.75) is 56.1 Å². The van der Waals surface area contributed by atoms with Gasteiger partial charge in [0.25, 0.3) is 0 Å².